The summed E-state index contributed by atoms with van der Waals surface area (Å²) in [7, 11) is 0. The second kappa shape index (κ2) is 5.27. The van der Waals surface area contributed by atoms with Gasteiger partial charge in [0.1, 0.15) is 5.82 Å². The van der Waals surface area contributed by atoms with Crippen LogP contribution in [0.15, 0.2) is 36.7 Å². The maximum Gasteiger partial charge on any atom is 0.149 e. The first kappa shape index (κ1) is 12.6. The average Bonchev–Trinajstić information content (AvgIpc) is 3.22. The number of aromatic nitrogens is 1. The molecule has 2 aromatic rings. The highest BCUT2D eigenvalue weighted by Gasteiger charge is 2.20. The highest BCUT2D eigenvalue weighted by Crippen LogP contribution is 2.30. The van der Waals surface area contributed by atoms with Gasteiger partial charge in [-0.3, -0.25) is 4.98 Å². The van der Waals surface area contributed by atoms with Crippen molar-refractivity contribution in [2.75, 3.05) is 0 Å². The molecule has 1 N–H and O–H groups in total. The number of nitrogens with one attached hydrogen (secondary N) is 1. The van der Waals surface area contributed by atoms with E-state index < -0.39 is 0 Å². The van der Waals surface area contributed by atoms with Crippen molar-refractivity contribution in [2.24, 2.45) is 0 Å². The molecule has 98 valence electrons. The first-order valence-corrected chi connectivity index (χ1v) is 6.73. The van der Waals surface area contributed by atoms with Gasteiger partial charge in [-0.1, -0.05) is 23.7 Å². The standard InChI is InChI=1S/C15H14ClFN2/c16-14-7-10(8-19-11-2-3-11)1-4-12(14)13-5-6-18-9-15(13)17/h1,4-7,9,11,19H,2-3,8H2. The summed E-state index contributed by atoms with van der Waals surface area (Å²) in [6.07, 6.45) is 5.29. The maximum atomic E-state index is 13.7. The first-order chi connectivity index (χ1) is 9.24. The molecule has 0 aliphatic heterocycles. The topological polar surface area (TPSA) is 24.9 Å². The van der Waals surface area contributed by atoms with Gasteiger partial charge < -0.3 is 5.32 Å². The van der Waals surface area contributed by atoms with Crippen LogP contribution in [0.1, 0.15) is 18.4 Å². The maximum absolute atomic E-state index is 13.7. The molecule has 3 rings (SSSR count). The highest BCUT2D eigenvalue weighted by molar-refractivity contribution is 6.33. The van der Waals surface area contributed by atoms with Crippen molar-refractivity contribution in [1.82, 2.24) is 10.3 Å². The molecular formula is C15H14ClFN2. The minimum absolute atomic E-state index is 0.353. The number of hydrogen-bond acceptors (Lipinski definition) is 2. The van der Waals surface area contributed by atoms with E-state index in [9.17, 15) is 4.39 Å². The molecule has 1 fully saturated rings. The second-order valence-corrected chi connectivity index (χ2v) is 5.23. The zero-order chi connectivity index (χ0) is 13.2. The molecule has 2 nitrogen and oxygen atoms in total. The van der Waals surface area contributed by atoms with Crippen LogP contribution in [0, 0.1) is 5.82 Å². The van der Waals surface area contributed by atoms with Crippen molar-refractivity contribution >= 4 is 11.6 Å². The fourth-order valence-corrected chi connectivity index (χ4v) is 2.34. The van der Waals surface area contributed by atoms with Gasteiger partial charge in [-0.25, -0.2) is 4.39 Å². The van der Waals surface area contributed by atoms with E-state index >= 15 is 0 Å². The summed E-state index contributed by atoms with van der Waals surface area (Å²) in [6, 6.07) is 8.04. The van der Waals surface area contributed by atoms with E-state index in [-0.39, 0.29) is 5.82 Å². The zero-order valence-electron chi connectivity index (χ0n) is 10.4. The first-order valence-electron chi connectivity index (χ1n) is 6.36. The van der Waals surface area contributed by atoms with E-state index in [1.165, 1.54) is 19.0 Å². The molecule has 0 saturated heterocycles. The Labute approximate surface area is 116 Å². The highest BCUT2D eigenvalue weighted by atomic mass is 35.5. The molecule has 0 unspecified atom stereocenters. The lowest BCUT2D eigenvalue weighted by molar-refractivity contribution is 0.625. The van der Waals surface area contributed by atoms with Crippen molar-refractivity contribution < 1.29 is 4.39 Å². The molecule has 0 amide bonds. The predicted octanol–water partition coefficient (Wildman–Crippen LogP) is 3.79. The van der Waals surface area contributed by atoms with E-state index in [1.54, 1.807) is 12.3 Å². The summed E-state index contributed by atoms with van der Waals surface area (Å²) in [4.78, 5) is 3.75. The van der Waals surface area contributed by atoms with E-state index in [1.807, 2.05) is 18.2 Å². The van der Waals surface area contributed by atoms with Crippen LogP contribution in [0.4, 0.5) is 4.39 Å². The third-order valence-electron chi connectivity index (χ3n) is 3.27. The van der Waals surface area contributed by atoms with Crippen LogP contribution in [-0.2, 0) is 6.54 Å². The van der Waals surface area contributed by atoms with Gasteiger partial charge in [0.15, 0.2) is 0 Å². The Morgan fingerprint density at radius 3 is 2.79 bits per heavy atom. The minimum atomic E-state index is -0.353. The van der Waals surface area contributed by atoms with Crippen LogP contribution >= 0.6 is 11.6 Å². The lowest BCUT2D eigenvalue weighted by Gasteiger charge is -2.09. The van der Waals surface area contributed by atoms with Gasteiger partial charge in [0.2, 0.25) is 0 Å². The molecule has 1 heterocycles. The number of benzene rings is 1. The molecule has 19 heavy (non-hydrogen) atoms. The number of halogens is 2. The quantitative estimate of drug-likeness (QED) is 0.919. The molecule has 1 aromatic heterocycles. The third-order valence-corrected chi connectivity index (χ3v) is 3.58. The smallest absolute Gasteiger partial charge is 0.149 e. The molecule has 0 radical (unpaired) electrons. The van der Waals surface area contributed by atoms with Gasteiger partial charge in [-0.15, -0.1) is 0 Å². The van der Waals surface area contributed by atoms with Gasteiger partial charge in [0.25, 0.3) is 0 Å². The predicted molar refractivity (Wildman–Crippen MR) is 74.5 cm³/mol. The van der Waals surface area contributed by atoms with E-state index in [0.717, 1.165) is 12.1 Å². The summed E-state index contributed by atoms with van der Waals surface area (Å²) < 4.78 is 13.7. The fraction of sp³-hybridized carbons (Fsp3) is 0.267. The molecule has 0 atom stereocenters. The summed E-state index contributed by atoms with van der Waals surface area (Å²) >= 11 is 6.25. The Bertz CT molecular complexity index is 596. The Balaban J connectivity index is 1.84. The Morgan fingerprint density at radius 2 is 2.11 bits per heavy atom. The Kier molecular flexibility index (Phi) is 3.49. The molecule has 1 aromatic carbocycles. The third kappa shape index (κ3) is 2.94. The van der Waals surface area contributed by atoms with Crippen molar-refractivity contribution in [2.45, 2.75) is 25.4 Å². The van der Waals surface area contributed by atoms with Gasteiger partial charge in [0.05, 0.1) is 6.20 Å². The van der Waals surface area contributed by atoms with Crippen LogP contribution < -0.4 is 5.32 Å². The molecular weight excluding hydrogens is 263 g/mol. The average molecular weight is 277 g/mol. The summed E-state index contributed by atoms with van der Waals surface area (Å²) in [5, 5.41) is 4.00. The van der Waals surface area contributed by atoms with Gasteiger partial charge in [-0.2, -0.15) is 0 Å². The normalized spacial score (nSPS) is 14.6. The summed E-state index contributed by atoms with van der Waals surface area (Å²) in [5.74, 6) is -0.353. The van der Waals surface area contributed by atoms with Crippen molar-refractivity contribution in [3.63, 3.8) is 0 Å². The van der Waals surface area contributed by atoms with Crippen LogP contribution in [-0.4, -0.2) is 11.0 Å². The van der Waals surface area contributed by atoms with Crippen LogP contribution in [0.3, 0.4) is 0 Å². The number of rotatable bonds is 4. The van der Waals surface area contributed by atoms with Crippen LogP contribution in [0.25, 0.3) is 11.1 Å². The number of pyridine rings is 1. The number of hydrogen-bond donors (Lipinski definition) is 1. The van der Waals surface area contributed by atoms with E-state index in [2.05, 4.69) is 10.3 Å². The van der Waals surface area contributed by atoms with Gasteiger partial charge >= 0.3 is 0 Å². The van der Waals surface area contributed by atoms with E-state index in [4.69, 9.17) is 11.6 Å². The molecule has 1 saturated carbocycles. The van der Waals surface area contributed by atoms with Gasteiger partial charge in [0, 0.05) is 34.9 Å². The monoisotopic (exact) mass is 276 g/mol. The van der Waals surface area contributed by atoms with Crippen LogP contribution in [0.2, 0.25) is 5.02 Å². The van der Waals surface area contributed by atoms with Crippen molar-refractivity contribution in [3.05, 3.63) is 53.1 Å². The van der Waals surface area contributed by atoms with Crippen molar-refractivity contribution in [1.29, 1.82) is 0 Å². The molecule has 1 aliphatic carbocycles. The largest absolute Gasteiger partial charge is 0.310 e. The van der Waals surface area contributed by atoms with Crippen LogP contribution in [0.5, 0.6) is 0 Å². The Morgan fingerprint density at radius 1 is 1.26 bits per heavy atom. The van der Waals surface area contributed by atoms with Gasteiger partial charge in [-0.05, 0) is 30.5 Å². The lowest BCUT2D eigenvalue weighted by atomic mass is 10.0. The van der Waals surface area contributed by atoms with E-state index in [0.29, 0.717) is 22.2 Å². The molecule has 4 heteroatoms. The Hall–Kier alpha value is -1.45. The second-order valence-electron chi connectivity index (χ2n) is 4.82. The summed E-state index contributed by atoms with van der Waals surface area (Å²) in [6.45, 7) is 0.809. The SMILES string of the molecule is Fc1cnccc1-c1ccc(CNC2CC2)cc1Cl. The number of nitrogens with zero attached hydrogens (tertiary/aromatic N) is 1. The lowest BCUT2D eigenvalue weighted by Crippen LogP contribution is -2.15. The molecule has 1 aliphatic rings. The summed E-state index contributed by atoms with van der Waals surface area (Å²) in [5.41, 5.74) is 2.31. The van der Waals surface area contributed by atoms with Crippen molar-refractivity contribution in [3.8, 4) is 11.1 Å². The minimum Gasteiger partial charge on any atom is -0.310 e. The molecule has 0 spiro atoms. The zero-order valence-corrected chi connectivity index (χ0v) is 11.1. The molecule has 0 bridgehead atoms. The fourth-order valence-electron chi connectivity index (χ4n) is 2.03.